The van der Waals surface area contributed by atoms with E-state index in [4.69, 9.17) is 4.74 Å². The fraction of sp³-hybridized carbons (Fsp3) is 0.250. The van der Waals surface area contributed by atoms with Gasteiger partial charge in [-0.25, -0.2) is 13.4 Å². The summed E-state index contributed by atoms with van der Waals surface area (Å²) in [6.45, 7) is 1.06. The van der Waals surface area contributed by atoms with Gasteiger partial charge in [0.05, 0.1) is 29.7 Å². The molecule has 1 saturated heterocycles. The average Bonchev–Trinajstić information content (AvgIpc) is 3.54. The first kappa shape index (κ1) is 24.9. The second-order valence-electron chi connectivity index (χ2n) is 9.15. The van der Waals surface area contributed by atoms with E-state index in [1.54, 1.807) is 71.8 Å². The van der Waals surface area contributed by atoms with Gasteiger partial charge in [-0.3, -0.25) is 14.5 Å². The van der Waals surface area contributed by atoms with E-state index in [0.29, 0.717) is 35.8 Å². The van der Waals surface area contributed by atoms with E-state index in [-0.39, 0.29) is 34.9 Å². The highest BCUT2D eigenvalue weighted by molar-refractivity contribution is 7.91. The number of anilines is 2. The number of benzene rings is 2. The Morgan fingerprint density at radius 1 is 1.03 bits per heavy atom. The number of rotatable bonds is 9. The summed E-state index contributed by atoms with van der Waals surface area (Å²) < 4.78 is 30.2. The molecule has 0 radical (unpaired) electrons. The van der Waals surface area contributed by atoms with Crippen LogP contribution in [-0.2, 0) is 25.8 Å². The third kappa shape index (κ3) is 6.12. The predicted molar refractivity (Wildman–Crippen MR) is 140 cm³/mol. The summed E-state index contributed by atoms with van der Waals surface area (Å²) in [5, 5.41) is 2.83. The van der Waals surface area contributed by atoms with Crippen molar-refractivity contribution in [3.63, 3.8) is 0 Å². The number of carbonyl (C=O) groups excluding carboxylic acids is 2. The first-order chi connectivity index (χ1) is 17.9. The summed E-state index contributed by atoms with van der Waals surface area (Å²) >= 11 is 0. The van der Waals surface area contributed by atoms with Crippen LogP contribution in [0.15, 0.2) is 89.5 Å². The number of aromatic nitrogens is 1. The molecule has 5 rings (SSSR count). The molecular weight excluding hydrogens is 490 g/mol. The monoisotopic (exact) mass is 517 g/mol. The number of nitrogens with zero attached hydrogens (tertiary/aromatic N) is 2. The maximum Gasteiger partial charge on any atom is 0.259 e. The van der Waals surface area contributed by atoms with Crippen LogP contribution >= 0.6 is 0 Å². The highest BCUT2D eigenvalue weighted by Gasteiger charge is 2.30. The lowest BCUT2D eigenvalue weighted by Crippen LogP contribution is -2.41. The van der Waals surface area contributed by atoms with Crippen LogP contribution in [0.2, 0.25) is 0 Å². The van der Waals surface area contributed by atoms with Crippen LogP contribution in [0.1, 0.15) is 28.8 Å². The van der Waals surface area contributed by atoms with Gasteiger partial charge in [-0.15, -0.1) is 0 Å². The molecule has 1 aliphatic heterocycles. The van der Waals surface area contributed by atoms with E-state index >= 15 is 0 Å². The smallest absolute Gasteiger partial charge is 0.259 e. The van der Waals surface area contributed by atoms with E-state index in [2.05, 4.69) is 10.3 Å². The lowest BCUT2D eigenvalue weighted by molar-refractivity contribution is -0.115. The molecule has 2 amide bonds. The lowest BCUT2D eigenvalue weighted by Gasteiger charge is -2.27. The first-order valence-electron chi connectivity index (χ1n) is 12.1. The third-order valence-corrected chi connectivity index (χ3v) is 8.06. The molecule has 1 atom stereocenters. The largest absolute Gasteiger partial charge is 0.379 e. The molecule has 1 fully saturated rings. The second-order valence-corrected chi connectivity index (χ2v) is 11.1. The van der Waals surface area contributed by atoms with Crippen molar-refractivity contribution in [3.05, 3.63) is 95.7 Å². The Morgan fingerprint density at radius 2 is 1.78 bits per heavy atom. The standard InChI is InChI=1S/C28H27N3O5S/c32-27(17-20-6-12-25(13-7-20)37(34,35)19-21-4-5-21)30-23-10-8-22(9-11-23)28(33)31(24-14-16-36-18-24)26-3-1-2-15-29-26/h1-4,6-13,15,24H,5,14,16-19H2,(H,30,32). The van der Waals surface area contributed by atoms with Crippen molar-refractivity contribution in [2.45, 2.75) is 30.2 Å². The summed E-state index contributed by atoms with van der Waals surface area (Å²) in [6, 6.07) is 18.5. The number of ether oxygens (including phenoxy) is 1. The molecule has 190 valence electrons. The number of sulfone groups is 1. The van der Waals surface area contributed by atoms with E-state index in [0.717, 1.165) is 18.4 Å². The van der Waals surface area contributed by atoms with Gasteiger partial charge in [0.15, 0.2) is 9.84 Å². The molecule has 2 aromatic carbocycles. The fourth-order valence-corrected chi connectivity index (χ4v) is 5.68. The van der Waals surface area contributed by atoms with E-state index in [9.17, 15) is 18.0 Å². The molecule has 2 heterocycles. The lowest BCUT2D eigenvalue weighted by atomic mass is 10.1. The first-order valence-corrected chi connectivity index (χ1v) is 13.8. The topological polar surface area (TPSA) is 106 Å². The minimum Gasteiger partial charge on any atom is -0.379 e. The van der Waals surface area contributed by atoms with Crippen molar-refractivity contribution >= 4 is 33.2 Å². The fourth-order valence-electron chi connectivity index (χ4n) is 4.24. The normalized spacial score (nSPS) is 16.6. The van der Waals surface area contributed by atoms with Crippen molar-refractivity contribution in [2.75, 3.05) is 29.2 Å². The summed E-state index contributed by atoms with van der Waals surface area (Å²) in [7, 11) is -3.34. The van der Waals surface area contributed by atoms with Gasteiger partial charge >= 0.3 is 0 Å². The number of carbonyl (C=O) groups is 2. The van der Waals surface area contributed by atoms with Gasteiger partial charge in [0.2, 0.25) is 5.91 Å². The Kier molecular flexibility index (Phi) is 7.16. The summed E-state index contributed by atoms with van der Waals surface area (Å²) in [5.74, 6) is 0.208. The highest BCUT2D eigenvalue weighted by atomic mass is 32.2. The van der Waals surface area contributed by atoms with Crippen LogP contribution < -0.4 is 10.2 Å². The van der Waals surface area contributed by atoms with Crippen LogP contribution in [0.25, 0.3) is 0 Å². The molecule has 8 nitrogen and oxygen atoms in total. The molecule has 1 unspecified atom stereocenters. The molecule has 9 heteroatoms. The van der Waals surface area contributed by atoms with Crippen LogP contribution in [-0.4, -0.2) is 50.2 Å². The van der Waals surface area contributed by atoms with Crippen molar-refractivity contribution in [2.24, 2.45) is 0 Å². The summed E-state index contributed by atoms with van der Waals surface area (Å²) in [6.07, 6.45) is 5.16. The quantitative estimate of drug-likeness (QED) is 0.433. The minimum absolute atomic E-state index is 0.0549. The molecule has 0 saturated carbocycles. The number of pyridine rings is 1. The van der Waals surface area contributed by atoms with Crippen molar-refractivity contribution in [3.8, 4) is 0 Å². The van der Waals surface area contributed by atoms with Gasteiger partial charge in [0.25, 0.3) is 5.91 Å². The molecule has 0 spiro atoms. The Bertz CT molecular complexity index is 1410. The Morgan fingerprint density at radius 3 is 2.41 bits per heavy atom. The molecule has 3 aromatic rings. The van der Waals surface area contributed by atoms with Crippen LogP contribution in [0.3, 0.4) is 0 Å². The van der Waals surface area contributed by atoms with Gasteiger partial charge in [0, 0.05) is 24.1 Å². The van der Waals surface area contributed by atoms with Gasteiger partial charge in [0.1, 0.15) is 5.82 Å². The van der Waals surface area contributed by atoms with Gasteiger partial charge in [-0.05, 0) is 66.9 Å². The van der Waals surface area contributed by atoms with E-state index < -0.39 is 9.84 Å². The Hall–Kier alpha value is -3.82. The van der Waals surface area contributed by atoms with Crippen molar-refractivity contribution < 1.29 is 22.7 Å². The maximum atomic E-state index is 13.4. The SMILES string of the molecule is O=C(Cc1ccc(S(=O)(=O)CC2=CC2)cc1)Nc1ccc(C(=O)N(c2ccccn2)C2CCOC2)cc1. The number of allylic oxidation sites excluding steroid dienone is 1. The number of hydrogen-bond acceptors (Lipinski definition) is 6. The molecule has 1 aromatic heterocycles. The predicted octanol–water partition coefficient (Wildman–Crippen LogP) is 3.80. The van der Waals surface area contributed by atoms with Gasteiger partial charge < -0.3 is 10.1 Å². The van der Waals surface area contributed by atoms with Gasteiger partial charge in [-0.2, -0.15) is 0 Å². The number of amides is 2. The minimum atomic E-state index is -3.34. The maximum absolute atomic E-state index is 13.4. The Balaban J connectivity index is 1.21. The molecular formula is C28H27N3O5S. The molecule has 2 aliphatic rings. The number of hydrogen-bond donors (Lipinski definition) is 1. The van der Waals surface area contributed by atoms with Crippen LogP contribution in [0.5, 0.6) is 0 Å². The molecule has 0 bridgehead atoms. The molecule has 1 N–H and O–H groups in total. The zero-order valence-corrected chi connectivity index (χ0v) is 21.0. The summed E-state index contributed by atoms with van der Waals surface area (Å²) in [4.78, 5) is 32.2. The third-order valence-electron chi connectivity index (χ3n) is 6.32. The van der Waals surface area contributed by atoms with E-state index in [1.807, 2.05) is 12.1 Å². The van der Waals surface area contributed by atoms with Gasteiger partial charge in [-0.1, -0.05) is 29.8 Å². The Labute approximate surface area is 215 Å². The van der Waals surface area contributed by atoms with Crippen molar-refractivity contribution in [1.29, 1.82) is 0 Å². The molecule has 37 heavy (non-hydrogen) atoms. The van der Waals surface area contributed by atoms with Crippen LogP contribution in [0.4, 0.5) is 11.5 Å². The van der Waals surface area contributed by atoms with Crippen molar-refractivity contribution in [1.82, 2.24) is 4.98 Å². The molecule has 1 aliphatic carbocycles. The highest BCUT2D eigenvalue weighted by Crippen LogP contribution is 2.25. The zero-order valence-electron chi connectivity index (χ0n) is 20.2. The van der Waals surface area contributed by atoms with E-state index in [1.165, 1.54) is 0 Å². The van der Waals surface area contributed by atoms with Crippen LogP contribution in [0, 0.1) is 0 Å². The average molecular weight is 518 g/mol. The summed E-state index contributed by atoms with van der Waals surface area (Å²) in [5.41, 5.74) is 2.69. The second kappa shape index (κ2) is 10.7. The zero-order chi connectivity index (χ0) is 25.8. The number of nitrogens with one attached hydrogen (secondary N) is 1.